The van der Waals surface area contributed by atoms with Gasteiger partial charge in [-0.1, -0.05) is 6.92 Å². The van der Waals surface area contributed by atoms with E-state index in [9.17, 15) is 4.79 Å². The Labute approximate surface area is 108 Å². The number of hydrogen-bond acceptors (Lipinski definition) is 4. The molecule has 18 heavy (non-hydrogen) atoms. The molecule has 1 rings (SSSR count). The lowest BCUT2D eigenvalue weighted by Crippen LogP contribution is -2.28. The minimum atomic E-state index is -0.553. The van der Waals surface area contributed by atoms with E-state index in [-0.39, 0.29) is 5.97 Å². The standard InChI is InChI=1S/C14H20O4/c1-4-13(14(15)17-6-3)18-12-9-7-11(8-10-12)16-5-2/h7-10,13H,4-6H2,1-3H3. The Morgan fingerprint density at radius 1 is 1.06 bits per heavy atom. The molecule has 0 spiro atoms. The number of carbonyl (C=O) groups excluding carboxylic acids is 1. The third-order valence-electron chi connectivity index (χ3n) is 2.33. The summed E-state index contributed by atoms with van der Waals surface area (Å²) in [7, 11) is 0. The van der Waals surface area contributed by atoms with E-state index in [1.54, 1.807) is 19.1 Å². The summed E-state index contributed by atoms with van der Waals surface area (Å²) in [5.41, 5.74) is 0. The van der Waals surface area contributed by atoms with Crippen LogP contribution in [0.15, 0.2) is 24.3 Å². The normalized spacial score (nSPS) is 11.7. The summed E-state index contributed by atoms with van der Waals surface area (Å²) in [4.78, 5) is 11.6. The Kier molecular flexibility index (Phi) is 6.05. The number of esters is 1. The first kappa shape index (κ1) is 14.4. The van der Waals surface area contributed by atoms with E-state index in [2.05, 4.69) is 0 Å². The predicted octanol–water partition coefficient (Wildman–Crippen LogP) is 2.81. The Morgan fingerprint density at radius 2 is 1.67 bits per heavy atom. The molecule has 0 bridgehead atoms. The van der Waals surface area contributed by atoms with Crippen molar-refractivity contribution in [3.63, 3.8) is 0 Å². The summed E-state index contributed by atoms with van der Waals surface area (Å²) < 4.78 is 15.9. The third-order valence-corrected chi connectivity index (χ3v) is 2.33. The van der Waals surface area contributed by atoms with Gasteiger partial charge in [-0.15, -0.1) is 0 Å². The zero-order valence-corrected chi connectivity index (χ0v) is 11.1. The number of rotatable bonds is 7. The van der Waals surface area contributed by atoms with Crippen LogP contribution in [0.25, 0.3) is 0 Å². The van der Waals surface area contributed by atoms with Gasteiger partial charge in [0.1, 0.15) is 11.5 Å². The van der Waals surface area contributed by atoms with E-state index in [0.717, 1.165) is 5.75 Å². The molecule has 4 heteroatoms. The Bertz CT molecular complexity index is 359. The van der Waals surface area contributed by atoms with Crippen LogP contribution < -0.4 is 9.47 Å². The topological polar surface area (TPSA) is 44.8 Å². The molecule has 0 amide bonds. The van der Waals surface area contributed by atoms with E-state index in [1.165, 1.54) is 0 Å². The molecule has 0 fully saturated rings. The van der Waals surface area contributed by atoms with Gasteiger partial charge in [0.25, 0.3) is 0 Å². The zero-order chi connectivity index (χ0) is 13.4. The highest BCUT2D eigenvalue weighted by Gasteiger charge is 2.19. The number of ether oxygens (including phenoxy) is 3. The van der Waals surface area contributed by atoms with Crippen LogP contribution in [0.5, 0.6) is 11.5 Å². The van der Waals surface area contributed by atoms with Crippen molar-refractivity contribution >= 4 is 5.97 Å². The van der Waals surface area contributed by atoms with Gasteiger partial charge in [0.2, 0.25) is 0 Å². The monoisotopic (exact) mass is 252 g/mol. The summed E-state index contributed by atoms with van der Waals surface area (Å²) in [5.74, 6) is 1.10. The Balaban J connectivity index is 2.61. The highest BCUT2D eigenvalue weighted by molar-refractivity contribution is 5.75. The van der Waals surface area contributed by atoms with Crippen LogP contribution >= 0.6 is 0 Å². The van der Waals surface area contributed by atoms with Gasteiger partial charge in [0.05, 0.1) is 13.2 Å². The first-order valence-corrected chi connectivity index (χ1v) is 6.27. The summed E-state index contributed by atoms with van der Waals surface area (Å²) in [5, 5.41) is 0. The highest BCUT2D eigenvalue weighted by atomic mass is 16.6. The first-order chi connectivity index (χ1) is 8.71. The predicted molar refractivity (Wildman–Crippen MR) is 69.0 cm³/mol. The highest BCUT2D eigenvalue weighted by Crippen LogP contribution is 2.19. The quantitative estimate of drug-likeness (QED) is 0.700. The summed E-state index contributed by atoms with van der Waals surface area (Å²) in [6, 6.07) is 7.20. The second-order valence-electron chi connectivity index (χ2n) is 3.67. The van der Waals surface area contributed by atoms with Crippen molar-refractivity contribution in [1.29, 1.82) is 0 Å². The molecule has 100 valence electrons. The molecule has 0 radical (unpaired) electrons. The molecule has 1 unspecified atom stereocenters. The van der Waals surface area contributed by atoms with Gasteiger partial charge in [0, 0.05) is 0 Å². The van der Waals surface area contributed by atoms with Crippen molar-refractivity contribution in [2.75, 3.05) is 13.2 Å². The number of carbonyl (C=O) groups is 1. The van der Waals surface area contributed by atoms with Crippen molar-refractivity contribution in [3.8, 4) is 11.5 Å². The molecule has 0 aliphatic carbocycles. The van der Waals surface area contributed by atoms with Gasteiger partial charge in [-0.05, 0) is 44.5 Å². The number of benzene rings is 1. The lowest BCUT2D eigenvalue weighted by atomic mass is 10.2. The van der Waals surface area contributed by atoms with Gasteiger partial charge in [-0.2, -0.15) is 0 Å². The minimum absolute atomic E-state index is 0.325. The fraction of sp³-hybridized carbons (Fsp3) is 0.500. The third kappa shape index (κ3) is 4.28. The van der Waals surface area contributed by atoms with Crippen LogP contribution in [0.4, 0.5) is 0 Å². The summed E-state index contributed by atoms with van der Waals surface area (Å²) in [6.07, 6.45) is 0.0226. The lowest BCUT2D eigenvalue weighted by molar-refractivity contribution is -0.151. The molecule has 0 saturated carbocycles. The second-order valence-corrected chi connectivity index (χ2v) is 3.67. The van der Waals surface area contributed by atoms with E-state index in [1.807, 2.05) is 26.0 Å². The van der Waals surface area contributed by atoms with Gasteiger partial charge in [-0.3, -0.25) is 0 Å². The molecular formula is C14H20O4. The first-order valence-electron chi connectivity index (χ1n) is 6.27. The molecule has 0 aromatic heterocycles. The molecule has 0 aliphatic rings. The van der Waals surface area contributed by atoms with Crippen LogP contribution in [0.3, 0.4) is 0 Å². The maximum absolute atomic E-state index is 11.6. The van der Waals surface area contributed by atoms with E-state index >= 15 is 0 Å². The summed E-state index contributed by atoms with van der Waals surface area (Å²) >= 11 is 0. The molecule has 1 aromatic carbocycles. The molecule has 0 saturated heterocycles. The van der Waals surface area contributed by atoms with Crippen LogP contribution in [-0.2, 0) is 9.53 Å². The second kappa shape index (κ2) is 7.58. The van der Waals surface area contributed by atoms with E-state index in [4.69, 9.17) is 14.2 Å². The Morgan fingerprint density at radius 3 is 2.17 bits per heavy atom. The fourth-order valence-corrected chi connectivity index (χ4v) is 1.48. The summed E-state index contributed by atoms with van der Waals surface area (Å²) in [6.45, 7) is 6.58. The lowest BCUT2D eigenvalue weighted by Gasteiger charge is -2.16. The van der Waals surface area contributed by atoms with Gasteiger partial charge >= 0.3 is 5.97 Å². The van der Waals surface area contributed by atoms with Gasteiger partial charge < -0.3 is 14.2 Å². The van der Waals surface area contributed by atoms with Crippen LogP contribution in [-0.4, -0.2) is 25.3 Å². The molecular weight excluding hydrogens is 232 g/mol. The van der Waals surface area contributed by atoms with Crippen molar-refractivity contribution in [2.45, 2.75) is 33.3 Å². The molecule has 1 atom stereocenters. The van der Waals surface area contributed by atoms with Crippen LogP contribution in [0.1, 0.15) is 27.2 Å². The SMILES string of the molecule is CCOC(=O)C(CC)Oc1ccc(OCC)cc1. The zero-order valence-electron chi connectivity index (χ0n) is 11.1. The van der Waals surface area contributed by atoms with Gasteiger partial charge in [-0.25, -0.2) is 4.79 Å². The molecule has 0 N–H and O–H groups in total. The van der Waals surface area contributed by atoms with Crippen molar-refractivity contribution < 1.29 is 19.0 Å². The maximum atomic E-state index is 11.6. The number of hydrogen-bond donors (Lipinski definition) is 0. The maximum Gasteiger partial charge on any atom is 0.347 e. The fourth-order valence-electron chi connectivity index (χ4n) is 1.48. The van der Waals surface area contributed by atoms with E-state index in [0.29, 0.717) is 25.4 Å². The van der Waals surface area contributed by atoms with Crippen LogP contribution in [0.2, 0.25) is 0 Å². The molecule has 0 heterocycles. The van der Waals surface area contributed by atoms with Crippen LogP contribution in [0, 0.1) is 0 Å². The molecule has 1 aromatic rings. The molecule has 4 nitrogen and oxygen atoms in total. The average molecular weight is 252 g/mol. The van der Waals surface area contributed by atoms with Gasteiger partial charge in [0.15, 0.2) is 6.10 Å². The van der Waals surface area contributed by atoms with Crippen molar-refractivity contribution in [1.82, 2.24) is 0 Å². The Hall–Kier alpha value is -1.71. The molecule has 0 aliphatic heterocycles. The smallest absolute Gasteiger partial charge is 0.347 e. The average Bonchev–Trinajstić information content (AvgIpc) is 2.38. The van der Waals surface area contributed by atoms with Crippen molar-refractivity contribution in [2.24, 2.45) is 0 Å². The van der Waals surface area contributed by atoms with E-state index < -0.39 is 6.10 Å². The minimum Gasteiger partial charge on any atom is -0.494 e. The largest absolute Gasteiger partial charge is 0.494 e. The van der Waals surface area contributed by atoms with Crippen molar-refractivity contribution in [3.05, 3.63) is 24.3 Å².